The smallest absolute Gasteiger partial charge is 0.255 e. The third kappa shape index (κ3) is 3.92. The third-order valence-corrected chi connectivity index (χ3v) is 5.89. The number of carbonyl (C=O) groups is 1. The summed E-state index contributed by atoms with van der Waals surface area (Å²) in [5, 5.41) is 3.47. The molecule has 28 heavy (non-hydrogen) atoms. The number of hydrogen-bond donors (Lipinski definition) is 2. The van der Waals surface area contributed by atoms with E-state index in [2.05, 4.69) is 10.2 Å². The van der Waals surface area contributed by atoms with Crippen LogP contribution in [0, 0.1) is 0 Å². The summed E-state index contributed by atoms with van der Waals surface area (Å²) in [4.78, 5) is 15.2. The number of rotatable bonds is 5. The number of nitrogens with zero attached hydrogens (tertiary/aromatic N) is 1. The maximum absolute atomic E-state index is 13.0. The molecule has 1 aromatic carbocycles. The van der Waals surface area contributed by atoms with E-state index in [1.54, 1.807) is 13.2 Å². The van der Waals surface area contributed by atoms with Crippen molar-refractivity contribution < 1.29 is 23.7 Å². The molecule has 0 radical (unpaired) electrons. The maximum Gasteiger partial charge on any atom is 0.255 e. The average Bonchev–Trinajstić information content (AvgIpc) is 3.37. The Labute approximate surface area is 169 Å². The number of carbonyl (C=O) groups excluding carboxylic acids is 1. The van der Waals surface area contributed by atoms with Gasteiger partial charge in [-0.3, -0.25) is 9.69 Å². The number of hydrogen-bond acceptors (Lipinski definition) is 7. The van der Waals surface area contributed by atoms with Crippen LogP contribution in [0.2, 0.25) is 5.02 Å². The summed E-state index contributed by atoms with van der Waals surface area (Å²) in [7, 11) is 1.66. The minimum Gasteiger partial charge on any atom is -0.492 e. The largest absolute Gasteiger partial charge is 0.492 e. The quantitative estimate of drug-likeness (QED) is 0.699. The van der Waals surface area contributed by atoms with Crippen LogP contribution in [0.3, 0.4) is 0 Å². The minimum absolute atomic E-state index is 0.104. The Kier molecular flexibility index (Phi) is 5.93. The van der Waals surface area contributed by atoms with Crippen LogP contribution in [0.5, 0.6) is 5.75 Å². The molecule has 8 nitrogen and oxygen atoms in total. The number of ether oxygens (including phenoxy) is 4. The van der Waals surface area contributed by atoms with Gasteiger partial charge in [0.1, 0.15) is 5.75 Å². The lowest BCUT2D eigenvalue weighted by Crippen LogP contribution is -2.55. The van der Waals surface area contributed by atoms with E-state index in [1.807, 2.05) is 0 Å². The van der Waals surface area contributed by atoms with E-state index in [9.17, 15) is 4.79 Å². The van der Waals surface area contributed by atoms with Crippen molar-refractivity contribution in [2.24, 2.45) is 0 Å². The van der Waals surface area contributed by atoms with Gasteiger partial charge < -0.3 is 30.0 Å². The first-order chi connectivity index (χ1) is 13.6. The first-order valence-corrected chi connectivity index (χ1v) is 9.97. The van der Waals surface area contributed by atoms with Gasteiger partial charge >= 0.3 is 0 Å². The van der Waals surface area contributed by atoms with Crippen molar-refractivity contribution in [3.05, 3.63) is 22.2 Å². The first kappa shape index (κ1) is 19.7. The van der Waals surface area contributed by atoms with E-state index in [0.29, 0.717) is 61.4 Å². The lowest BCUT2D eigenvalue weighted by molar-refractivity contribution is -0.0787. The Bertz CT molecular complexity index is 741. The molecule has 0 saturated carbocycles. The first-order valence-electron chi connectivity index (χ1n) is 9.59. The highest BCUT2D eigenvalue weighted by Crippen LogP contribution is 2.38. The van der Waals surface area contributed by atoms with Gasteiger partial charge in [0.2, 0.25) is 0 Å². The van der Waals surface area contributed by atoms with Crippen LogP contribution in [0.25, 0.3) is 0 Å². The Morgan fingerprint density at radius 1 is 1.39 bits per heavy atom. The Morgan fingerprint density at radius 3 is 2.93 bits per heavy atom. The number of fused-ring (bicyclic) bond motifs is 1. The molecule has 0 aliphatic carbocycles. The van der Waals surface area contributed by atoms with Crippen molar-refractivity contribution in [3.63, 3.8) is 0 Å². The van der Waals surface area contributed by atoms with E-state index in [0.717, 1.165) is 18.5 Å². The van der Waals surface area contributed by atoms with Crippen molar-refractivity contribution in [3.8, 4) is 5.75 Å². The molecular formula is C19H26ClN3O5. The fraction of sp³-hybridized carbons (Fsp3) is 0.632. The van der Waals surface area contributed by atoms with Gasteiger partial charge in [-0.25, -0.2) is 0 Å². The molecule has 0 bridgehead atoms. The fourth-order valence-electron chi connectivity index (χ4n) is 4.06. The van der Waals surface area contributed by atoms with E-state index in [4.69, 9.17) is 36.3 Å². The number of amides is 1. The van der Waals surface area contributed by atoms with Crippen molar-refractivity contribution in [1.82, 2.24) is 10.2 Å². The van der Waals surface area contributed by atoms with Gasteiger partial charge in [0.25, 0.3) is 5.91 Å². The number of halogens is 1. The number of anilines is 1. The van der Waals surface area contributed by atoms with Gasteiger partial charge in [-0.2, -0.15) is 0 Å². The molecule has 2 saturated heterocycles. The predicted octanol–water partition coefficient (Wildman–Crippen LogP) is 1.05. The molecule has 9 heteroatoms. The van der Waals surface area contributed by atoms with Gasteiger partial charge in [-0.15, -0.1) is 0 Å². The molecule has 2 fully saturated rings. The maximum atomic E-state index is 13.0. The van der Waals surface area contributed by atoms with Gasteiger partial charge in [0.05, 0.1) is 48.2 Å². The van der Waals surface area contributed by atoms with Crippen LogP contribution in [0.15, 0.2) is 6.07 Å². The Balaban J connectivity index is 1.42. The standard InChI is InChI=1S/C19H26ClN3O5/c1-25-15-9-23(10-16-26-6-7-27-16)4-2-14(15)22-19(24)12-8-13(20)17(21)11-3-5-28-18(11)12/h8,14-16H,2-7,9-10,21H2,1H3,(H,22,24)/t14-,15+/m0/s1. The van der Waals surface area contributed by atoms with Crippen LogP contribution in [-0.4, -0.2) is 75.8 Å². The van der Waals surface area contributed by atoms with Crippen molar-refractivity contribution in [2.45, 2.75) is 31.3 Å². The average molecular weight is 412 g/mol. The van der Waals surface area contributed by atoms with Gasteiger partial charge in [0.15, 0.2) is 6.29 Å². The number of likely N-dealkylation sites (tertiary alicyclic amines) is 1. The molecule has 0 spiro atoms. The van der Waals surface area contributed by atoms with Crippen LogP contribution < -0.4 is 15.8 Å². The number of piperidine rings is 1. The second-order valence-corrected chi connectivity index (χ2v) is 7.71. The summed E-state index contributed by atoms with van der Waals surface area (Å²) in [6.07, 6.45) is 1.12. The lowest BCUT2D eigenvalue weighted by atomic mass is 10.00. The second kappa shape index (κ2) is 8.42. The molecule has 154 valence electrons. The summed E-state index contributed by atoms with van der Waals surface area (Å²) < 4.78 is 22.4. The third-order valence-electron chi connectivity index (χ3n) is 5.58. The summed E-state index contributed by atoms with van der Waals surface area (Å²) >= 11 is 6.22. The van der Waals surface area contributed by atoms with Crippen molar-refractivity contribution >= 4 is 23.2 Å². The van der Waals surface area contributed by atoms with E-state index in [-0.39, 0.29) is 24.3 Å². The number of nitrogen functional groups attached to an aromatic ring is 1. The SMILES string of the molecule is CO[C@@H]1CN(CC2OCCO2)CC[C@@H]1NC(=O)c1cc(Cl)c(N)c2c1OCC2. The van der Waals surface area contributed by atoms with E-state index < -0.39 is 0 Å². The highest BCUT2D eigenvalue weighted by molar-refractivity contribution is 6.33. The summed E-state index contributed by atoms with van der Waals surface area (Å²) in [6, 6.07) is 1.48. The zero-order valence-electron chi connectivity index (χ0n) is 15.9. The molecular weight excluding hydrogens is 386 g/mol. The molecule has 3 N–H and O–H groups in total. The predicted molar refractivity (Wildman–Crippen MR) is 104 cm³/mol. The van der Waals surface area contributed by atoms with Crippen LogP contribution in [0.4, 0.5) is 5.69 Å². The normalized spacial score (nSPS) is 25.5. The molecule has 1 amide bonds. The minimum atomic E-state index is -0.219. The molecule has 3 aliphatic rings. The van der Waals surface area contributed by atoms with Gasteiger partial charge in [-0.05, 0) is 12.5 Å². The zero-order valence-corrected chi connectivity index (χ0v) is 16.7. The van der Waals surface area contributed by atoms with Crippen molar-refractivity contribution in [2.75, 3.05) is 52.3 Å². The Hall–Kier alpha value is -1.58. The van der Waals surface area contributed by atoms with Crippen LogP contribution in [-0.2, 0) is 20.6 Å². The number of benzene rings is 1. The Morgan fingerprint density at radius 2 is 2.18 bits per heavy atom. The van der Waals surface area contributed by atoms with Gasteiger partial charge in [0, 0.05) is 38.7 Å². The zero-order chi connectivity index (χ0) is 19.7. The fourth-order valence-corrected chi connectivity index (χ4v) is 4.28. The molecule has 4 rings (SSSR count). The summed E-state index contributed by atoms with van der Waals surface area (Å²) in [5.41, 5.74) is 7.75. The van der Waals surface area contributed by atoms with E-state index in [1.165, 1.54) is 0 Å². The van der Waals surface area contributed by atoms with Crippen LogP contribution in [0.1, 0.15) is 22.3 Å². The monoisotopic (exact) mass is 411 g/mol. The number of methoxy groups -OCH3 is 1. The molecule has 1 aromatic rings. The molecule has 0 unspecified atom stereocenters. The molecule has 0 aromatic heterocycles. The van der Waals surface area contributed by atoms with Crippen LogP contribution >= 0.6 is 11.6 Å². The number of nitrogens with two attached hydrogens (primary N) is 1. The van der Waals surface area contributed by atoms with E-state index >= 15 is 0 Å². The number of nitrogens with one attached hydrogen (secondary N) is 1. The summed E-state index contributed by atoms with van der Waals surface area (Å²) in [5.74, 6) is 0.323. The second-order valence-electron chi connectivity index (χ2n) is 7.30. The highest BCUT2D eigenvalue weighted by Gasteiger charge is 2.34. The molecule has 3 heterocycles. The lowest BCUT2D eigenvalue weighted by Gasteiger charge is -2.38. The molecule has 3 aliphatic heterocycles. The molecule has 2 atom stereocenters. The highest BCUT2D eigenvalue weighted by atomic mass is 35.5. The summed E-state index contributed by atoms with van der Waals surface area (Å²) in [6.45, 7) is 4.01. The van der Waals surface area contributed by atoms with Crippen molar-refractivity contribution in [1.29, 1.82) is 0 Å². The van der Waals surface area contributed by atoms with Gasteiger partial charge in [-0.1, -0.05) is 11.6 Å². The topological polar surface area (TPSA) is 95.3 Å².